The summed E-state index contributed by atoms with van der Waals surface area (Å²) in [5, 5.41) is 3.21. The molecule has 31 heavy (non-hydrogen) atoms. The predicted molar refractivity (Wildman–Crippen MR) is 120 cm³/mol. The van der Waals surface area contributed by atoms with Crippen LogP contribution >= 0.6 is 0 Å². The molecule has 2 atom stereocenters. The molecular weight excluding hydrogens is 392 g/mol. The Morgan fingerprint density at radius 2 is 1.77 bits per heavy atom. The van der Waals surface area contributed by atoms with E-state index in [0.717, 1.165) is 49.4 Å². The van der Waals surface area contributed by atoms with E-state index in [1.54, 1.807) is 14.2 Å². The van der Waals surface area contributed by atoms with E-state index in [1.165, 1.54) is 5.56 Å². The zero-order valence-electron chi connectivity index (χ0n) is 18.3. The van der Waals surface area contributed by atoms with Crippen LogP contribution in [0.2, 0.25) is 0 Å². The summed E-state index contributed by atoms with van der Waals surface area (Å²) in [7, 11) is 3.33. The second kappa shape index (κ2) is 10.1. The second-order valence-corrected chi connectivity index (χ2v) is 8.27. The number of ether oxygens (including phenoxy) is 2. The van der Waals surface area contributed by atoms with Crippen molar-refractivity contribution in [3.8, 4) is 11.5 Å². The maximum Gasteiger partial charge on any atom is 0.224 e. The number of benzene rings is 2. The standard InChI is InChI=1S/C24H32N4O3/c1-30-20-8-6-18(7-9-20)22-16-23(27-26-22)28-12-10-19(11-13-28)25-24(29)15-17-4-3-5-21(14-17)31-2/h3-9,14,19,22-23,26-27H,10-13,15-16H2,1-2H3,(H,25,29). The normalized spacial score (nSPS) is 22.3. The third-order valence-electron chi connectivity index (χ3n) is 6.24. The summed E-state index contributed by atoms with van der Waals surface area (Å²) in [6.07, 6.45) is 3.64. The number of rotatable bonds is 7. The summed E-state index contributed by atoms with van der Waals surface area (Å²) in [5.41, 5.74) is 9.11. The molecule has 0 radical (unpaired) electrons. The lowest BCUT2D eigenvalue weighted by Gasteiger charge is -2.35. The van der Waals surface area contributed by atoms with Crippen molar-refractivity contribution in [1.82, 2.24) is 21.1 Å². The van der Waals surface area contributed by atoms with Gasteiger partial charge in [0.25, 0.3) is 0 Å². The number of likely N-dealkylation sites (tertiary alicyclic amines) is 1. The maximum absolute atomic E-state index is 12.5. The van der Waals surface area contributed by atoms with Crippen LogP contribution in [-0.2, 0) is 11.2 Å². The first kappa shape index (κ1) is 21.6. The first-order valence-electron chi connectivity index (χ1n) is 11.0. The molecule has 2 heterocycles. The highest BCUT2D eigenvalue weighted by molar-refractivity contribution is 5.79. The average molecular weight is 425 g/mol. The lowest BCUT2D eigenvalue weighted by atomic mass is 10.0. The van der Waals surface area contributed by atoms with Gasteiger partial charge < -0.3 is 14.8 Å². The third kappa shape index (κ3) is 5.55. The zero-order valence-corrected chi connectivity index (χ0v) is 18.3. The Balaban J connectivity index is 1.22. The van der Waals surface area contributed by atoms with E-state index >= 15 is 0 Å². The smallest absolute Gasteiger partial charge is 0.224 e. The number of carbonyl (C=O) groups is 1. The van der Waals surface area contributed by atoms with Gasteiger partial charge in [0, 0.05) is 25.2 Å². The number of hydrogen-bond acceptors (Lipinski definition) is 6. The summed E-state index contributed by atoms with van der Waals surface area (Å²) in [6.45, 7) is 1.94. The highest BCUT2D eigenvalue weighted by atomic mass is 16.5. The first-order valence-corrected chi connectivity index (χ1v) is 11.0. The molecule has 2 aromatic rings. The molecule has 2 aliphatic rings. The lowest BCUT2D eigenvalue weighted by molar-refractivity contribution is -0.121. The van der Waals surface area contributed by atoms with Crippen LogP contribution in [0.5, 0.6) is 11.5 Å². The number of nitrogens with zero attached hydrogens (tertiary/aromatic N) is 1. The van der Waals surface area contributed by atoms with Crippen molar-refractivity contribution in [2.45, 2.75) is 43.9 Å². The molecular formula is C24H32N4O3. The van der Waals surface area contributed by atoms with Crippen LogP contribution in [0.15, 0.2) is 48.5 Å². The van der Waals surface area contributed by atoms with Gasteiger partial charge in [-0.2, -0.15) is 0 Å². The molecule has 0 saturated carbocycles. The van der Waals surface area contributed by atoms with Gasteiger partial charge in [0.2, 0.25) is 5.91 Å². The number of amides is 1. The minimum atomic E-state index is 0.0759. The fourth-order valence-electron chi connectivity index (χ4n) is 4.44. The average Bonchev–Trinajstić information content (AvgIpc) is 3.30. The highest BCUT2D eigenvalue weighted by Gasteiger charge is 2.32. The summed E-state index contributed by atoms with van der Waals surface area (Å²) in [5.74, 6) is 1.73. The van der Waals surface area contributed by atoms with Crippen molar-refractivity contribution in [2.75, 3.05) is 27.3 Å². The van der Waals surface area contributed by atoms with Crippen LogP contribution in [0.3, 0.4) is 0 Å². The van der Waals surface area contributed by atoms with Gasteiger partial charge in [-0.05, 0) is 54.7 Å². The van der Waals surface area contributed by atoms with Crippen molar-refractivity contribution in [3.05, 3.63) is 59.7 Å². The monoisotopic (exact) mass is 424 g/mol. The number of methoxy groups -OCH3 is 2. The first-order chi connectivity index (χ1) is 15.1. The van der Waals surface area contributed by atoms with Crippen LogP contribution in [0, 0.1) is 0 Å². The van der Waals surface area contributed by atoms with E-state index in [0.29, 0.717) is 12.6 Å². The molecule has 166 valence electrons. The summed E-state index contributed by atoms with van der Waals surface area (Å²) < 4.78 is 10.5. The fraction of sp³-hybridized carbons (Fsp3) is 0.458. The molecule has 2 unspecified atom stereocenters. The summed E-state index contributed by atoms with van der Waals surface area (Å²) in [6, 6.07) is 16.5. The minimum Gasteiger partial charge on any atom is -0.497 e. The number of carbonyl (C=O) groups excluding carboxylic acids is 1. The topological polar surface area (TPSA) is 74.9 Å². The Hall–Kier alpha value is -2.61. The van der Waals surface area contributed by atoms with Crippen molar-refractivity contribution in [2.24, 2.45) is 0 Å². The van der Waals surface area contributed by atoms with Crippen molar-refractivity contribution >= 4 is 5.91 Å². The van der Waals surface area contributed by atoms with Crippen molar-refractivity contribution in [3.63, 3.8) is 0 Å². The molecule has 2 fully saturated rings. The Bertz CT molecular complexity index is 865. The molecule has 1 amide bonds. The number of piperidine rings is 1. The molecule has 7 heteroatoms. The Morgan fingerprint density at radius 3 is 2.48 bits per heavy atom. The van der Waals surface area contributed by atoms with E-state index in [4.69, 9.17) is 9.47 Å². The van der Waals surface area contributed by atoms with Gasteiger partial charge in [-0.25, -0.2) is 10.9 Å². The van der Waals surface area contributed by atoms with E-state index in [1.807, 2.05) is 36.4 Å². The molecule has 0 spiro atoms. The van der Waals surface area contributed by atoms with Gasteiger partial charge in [-0.3, -0.25) is 9.69 Å². The molecule has 0 aliphatic carbocycles. The van der Waals surface area contributed by atoms with E-state index in [9.17, 15) is 4.79 Å². The van der Waals surface area contributed by atoms with Gasteiger partial charge in [0.1, 0.15) is 11.5 Å². The fourth-order valence-corrected chi connectivity index (χ4v) is 4.44. The molecule has 0 aromatic heterocycles. The molecule has 2 aromatic carbocycles. The number of nitrogens with one attached hydrogen (secondary N) is 3. The Kier molecular flexibility index (Phi) is 7.06. The highest BCUT2D eigenvalue weighted by Crippen LogP contribution is 2.27. The predicted octanol–water partition coefficient (Wildman–Crippen LogP) is 2.39. The SMILES string of the molecule is COc1ccc(C2CC(N3CCC(NC(=O)Cc4cccc(OC)c4)CC3)NN2)cc1. The molecule has 2 saturated heterocycles. The number of hydrogen-bond donors (Lipinski definition) is 3. The summed E-state index contributed by atoms with van der Waals surface area (Å²) >= 11 is 0. The maximum atomic E-state index is 12.5. The van der Waals surface area contributed by atoms with Crippen LogP contribution < -0.4 is 25.6 Å². The lowest BCUT2D eigenvalue weighted by Crippen LogP contribution is -2.51. The third-order valence-corrected chi connectivity index (χ3v) is 6.24. The van der Waals surface area contributed by atoms with E-state index in [-0.39, 0.29) is 18.0 Å². The van der Waals surface area contributed by atoms with Gasteiger partial charge in [-0.15, -0.1) is 0 Å². The van der Waals surface area contributed by atoms with Crippen LogP contribution in [0.4, 0.5) is 0 Å². The minimum absolute atomic E-state index is 0.0759. The zero-order chi connectivity index (χ0) is 21.6. The van der Waals surface area contributed by atoms with Crippen molar-refractivity contribution in [1.29, 1.82) is 0 Å². The largest absolute Gasteiger partial charge is 0.497 e. The van der Waals surface area contributed by atoms with Crippen molar-refractivity contribution < 1.29 is 14.3 Å². The Labute approximate surface area is 184 Å². The summed E-state index contributed by atoms with van der Waals surface area (Å²) in [4.78, 5) is 14.9. The molecule has 3 N–H and O–H groups in total. The Morgan fingerprint density at radius 1 is 1.03 bits per heavy atom. The van der Waals surface area contributed by atoms with Gasteiger partial charge >= 0.3 is 0 Å². The molecule has 7 nitrogen and oxygen atoms in total. The van der Waals surface area contributed by atoms with E-state index in [2.05, 4.69) is 33.2 Å². The van der Waals surface area contributed by atoms with E-state index < -0.39 is 0 Å². The second-order valence-electron chi connectivity index (χ2n) is 8.27. The van der Waals surface area contributed by atoms with Crippen LogP contribution in [-0.4, -0.2) is 50.3 Å². The number of hydrazine groups is 1. The quantitative estimate of drug-likeness (QED) is 0.634. The van der Waals surface area contributed by atoms with Crippen LogP contribution in [0.25, 0.3) is 0 Å². The van der Waals surface area contributed by atoms with Gasteiger partial charge in [0.15, 0.2) is 0 Å². The molecule has 2 aliphatic heterocycles. The molecule has 0 bridgehead atoms. The van der Waals surface area contributed by atoms with Gasteiger partial charge in [0.05, 0.1) is 26.8 Å². The van der Waals surface area contributed by atoms with Crippen LogP contribution in [0.1, 0.15) is 36.4 Å². The van der Waals surface area contributed by atoms with Gasteiger partial charge in [-0.1, -0.05) is 24.3 Å². The molecule has 4 rings (SSSR count).